The van der Waals surface area contributed by atoms with Crippen LogP contribution in [0.5, 0.6) is 0 Å². The summed E-state index contributed by atoms with van der Waals surface area (Å²) in [6.45, 7) is 4.37. The first kappa shape index (κ1) is 18.5. The Balaban J connectivity index is 1.39. The number of aromatic nitrogens is 2. The van der Waals surface area contributed by atoms with Gasteiger partial charge in [-0.1, -0.05) is 30.7 Å². The molecule has 1 aliphatic heterocycles. The van der Waals surface area contributed by atoms with Crippen LogP contribution in [0, 0.1) is 0 Å². The van der Waals surface area contributed by atoms with Crippen molar-refractivity contribution in [2.75, 3.05) is 11.9 Å². The number of amides is 1. The maximum absolute atomic E-state index is 12.4. The molecule has 6 nitrogen and oxygen atoms in total. The minimum Gasteiger partial charge on any atom is -0.325 e. The number of aromatic amines is 1. The number of hydrogen-bond acceptors (Lipinski definition) is 3. The largest absolute Gasteiger partial charge is 0.326 e. The van der Waals surface area contributed by atoms with E-state index in [4.69, 9.17) is 0 Å². The van der Waals surface area contributed by atoms with Crippen LogP contribution in [0.4, 0.5) is 5.69 Å². The molecule has 6 heteroatoms. The van der Waals surface area contributed by atoms with E-state index in [2.05, 4.69) is 34.3 Å². The number of H-pyrrole nitrogens is 1. The molecule has 1 saturated heterocycles. The topological polar surface area (TPSA) is 70.1 Å². The fourth-order valence-electron chi connectivity index (χ4n) is 3.93. The zero-order valence-corrected chi connectivity index (χ0v) is 16.1. The van der Waals surface area contributed by atoms with Crippen LogP contribution in [-0.2, 0) is 17.9 Å². The third-order valence-corrected chi connectivity index (χ3v) is 5.55. The zero-order chi connectivity index (χ0) is 19.5. The highest BCUT2D eigenvalue weighted by molar-refractivity contribution is 5.91. The number of likely N-dealkylation sites (tertiary alicyclic amines) is 1. The van der Waals surface area contributed by atoms with Gasteiger partial charge in [-0.05, 0) is 56.1 Å². The van der Waals surface area contributed by atoms with E-state index in [-0.39, 0.29) is 18.1 Å². The van der Waals surface area contributed by atoms with Crippen molar-refractivity contribution >= 4 is 22.6 Å². The lowest BCUT2D eigenvalue weighted by Gasteiger charge is -2.33. The molecule has 4 rings (SSSR count). The zero-order valence-electron chi connectivity index (χ0n) is 16.1. The van der Waals surface area contributed by atoms with E-state index < -0.39 is 0 Å². The summed E-state index contributed by atoms with van der Waals surface area (Å²) in [5, 5.41) is 2.89. The number of piperidine rings is 1. The van der Waals surface area contributed by atoms with Crippen LogP contribution in [0.1, 0.15) is 31.7 Å². The molecule has 1 aliphatic rings. The summed E-state index contributed by atoms with van der Waals surface area (Å²) in [5.74, 6) is -0.218. The van der Waals surface area contributed by atoms with Gasteiger partial charge in [-0.25, -0.2) is 4.79 Å². The number of hydrogen-bond donors (Lipinski definition) is 2. The molecule has 28 heavy (non-hydrogen) atoms. The lowest BCUT2D eigenvalue weighted by molar-refractivity contribution is -0.116. The van der Waals surface area contributed by atoms with Gasteiger partial charge in [-0.3, -0.25) is 14.3 Å². The molecule has 1 aromatic heterocycles. The maximum atomic E-state index is 12.4. The Morgan fingerprint density at radius 3 is 2.71 bits per heavy atom. The molecule has 0 spiro atoms. The Labute approximate surface area is 164 Å². The van der Waals surface area contributed by atoms with Crippen molar-refractivity contribution in [2.45, 2.75) is 45.3 Å². The Morgan fingerprint density at radius 2 is 1.93 bits per heavy atom. The first-order chi connectivity index (χ1) is 13.6. The SMILES string of the molecule is CC1CCCCN1Cc1ccc(NC(=O)Cn2c(=O)[nH]c3ccccc32)cc1. The van der Waals surface area contributed by atoms with Crippen LogP contribution in [0.15, 0.2) is 53.3 Å². The fourth-order valence-corrected chi connectivity index (χ4v) is 3.93. The minimum atomic E-state index is -0.276. The van der Waals surface area contributed by atoms with Crippen LogP contribution in [-0.4, -0.2) is 32.9 Å². The molecule has 0 saturated carbocycles. The van der Waals surface area contributed by atoms with E-state index >= 15 is 0 Å². The Morgan fingerprint density at radius 1 is 1.14 bits per heavy atom. The van der Waals surface area contributed by atoms with E-state index in [1.165, 1.54) is 29.4 Å². The monoisotopic (exact) mass is 378 g/mol. The highest BCUT2D eigenvalue weighted by Gasteiger charge is 2.18. The van der Waals surface area contributed by atoms with E-state index in [0.29, 0.717) is 6.04 Å². The van der Waals surface area contributed by atoms with Gasteiger partial charge < -0.3 is 10.3 Å². The maximum Gasteiger partial charge on any atom is 0.326 e. The molecule has 3 aromatic rings. The normalized spacial score (nSPS) is 17.7. The number of rotatable bonds is 5. The van der Waals surface area contributed by atoms with Gasteiger partial charge in [0.05, 0.1) is 11.0 Å². The lowest BCUT2D eigenvalue weighted by Crippen LogP contribution is -2.36. The predicted octanol–water partition coefficient (Wildman–Crippen LogP) is 3.34. The quantitative estimate of drug-likeness (QED) is 0.715. The smallest absolute Gasteiger partial charge is 0.325 e. The minimum absolute atomic E-state index is 0.0180. The number of para-hydroxylation sites is 2. The summed E-state index contributed by atoms with van der Waals surface area (Å²) in [6.07, 6.45) is 3.86. The van der Waals surface area contributed by atoms with Crippen molar-refractivity contribution in [2.24, 2.45) is 0 Å². The molecule has 1 unspecified atom stereocenters. The molecule has 2 aromatic carbocycles. The van der Waals surface area contributed by atoms with Gasteiger partial charge in [0, 0.05) is 18.3 Å². The number of nitrogens with zero attached hydrogens (tertiary/aromatic N) is 2. The molecular weight excluding hydrogens is 352 g/mol. The summed E-state index contributed by atoms with van der Waals surface area (Å²) in [7, 11) is 0. The van der Waals surface area contributed by atoms with Gasteiger partial charge in [-0.15, -0.1) is 0 Å². The van der Waals surface area contributed by atoms with E-state index in [9.17, 15) is 9.59 Å². The number of imidazole rings is 1. The number of fused-ring (bicyclic) bond motifs is 1. The third-order valence-electron chi connectivity index (χ3n) is 5.55. The Kier molecular flexibility index (Phi) is 5.30. The van der Waals surface area contributed by atoms with Gasteiger partial charge in [0.1, 0.15) is 6.54 Å². The molecule has 0 bridgehead atoms. The molecule has 146 valence electrons. The molecule has 1 fully saturated rings. The van der Waals surface area contributed by atoms with Crippen LogP contribution in [0.3, 0.4) is 0 Å². The first-order valence-corrected chi connectivity index (χ1v) is 9.90. The second-order valence-corrected chi connectivity index (χ2v) is 7.59. The first-order valence-electron chi connectivity index (χ1n) is 9.90. The van der Waals surface area contributed by atoms with Crippen LogP contribution < -0.4 is 11.0 Å². The molecular formula is C22H26N4O2. The average Bonchev–Trinajstić information content (AvgIpc) is 3.00. The molecule has 0 radical (unpaired) electrons. The van der Waals surface area contributed by atoms with E-state index in [0.717, 1.165) is 29.8 Å². The fraction of sp³-hybridized carbons (Fsp3) is 0.364. The summed E-state index contributed by atoms with van der Waals surface area (Å²) in [5.41, 5.74) is 3.18. The average molecular weight is 378 g/mol. The Hall–Kier alpha value is -2.86. The summed E-state index contributed by atoms with van der Waals surface area (Å²) >= 11 is 0. The van der Waals surface area contributed by atoms with Crippen molar-refractivity contribution in [1.29, 1.82) is 0 Å². The van der Waals surface area contributed by atoms with Crippen molar-refractivity contribution in [1.82, 2.24) is 14.5 Å². The van der Waals surface area contributed by atoms with Gasteiger partial charge in [0.2, 0.25) is 5.91 Å². The van der Waals surface area contributed by atoms with Gasteiger partial charge in [-0.2, -0.15) is 0 Å². The van der Waals surface area contributed by atoms with Crippen molar-refractivity contribution < 1.29 is 4.79 Å². The third kappa shape index (κ3) is 4.02. The lowest BCUT2D eigenvalue weighted by atomic mass is 10.0. The molecule has 0 aliphatic carbocycles. The highest BCUT2D eigenvalue weighted by atomic mass is 16.2. The van der Waals surface area contributed by atoms with E-state index in [1.807, 2.05) is 36.4 Å². The number of anilines is 1. The number of benzene rings is 2. The standard InChI is InChI=1S/C22H26N4O2/c1-16-6-4-5-13-25(16)14-17-9-11-18(12-10-17)23-21(27)15-26-20-8-3-2-7-19(20)24-22(26)28/h2-3,7-12,16H,4-6,13-15H2,1H3,(H,23,27)(H,24,28). The number of carbonyl (C=O) groups excluding carboxylic acids is 1. The van der Waals surface area contributed by atoms with Crippen molar-refractivity contribution in [3.8, 4) is 0 Å². The van der Waals surface area contributed by atoms with Crippen LogP contribution >= 0.6 is 0 Å². The number of carbonyl (C=O) groups is 1. The molecule has 1 amide bonds. The molecule has 1 atom stereocenters. The second-order valence-electron chi connectivity index (χ2n) is 7.59. The predicted molar refractivity (Wildman–Crippen MR) is 111 cm³/mol. The summed E-state index contributed by atoms with van der Waals surface area (Å²) in [6, 6.07) is 16.0. The van der Waals surface area contributed by atoms with Crippen LogP contribution in [0.25, 0.3) is 11.0 Å². The number of nitrogens with one attached hydrogen (secondary N) is 2. The van der Waals surface area contributed by atoms with Crippen LogP contribution in [0.2, 0.25) is 0 Å². The van der Waals surface area contributed by atoms with Crippen molar-refractivity contribution in [3.05, 3.63) is 64.6 Å². The Bertz CT molecular complexity index is 1020. The second kappa shape index (κ2) is 8.02. The molecule has 2 heterocycles. The van der Waals surface area contributed by atoms with Gasteiger partial charge in [0.25, 0.3) is 0 Å². The van der Waals surface area contributed by atoms with Gasteiger partial charge in [0.15, 0.2) is 0 Å². The summed E-state index contributed by atoms with van der Waals surface area (Å²) in [4.78, 5) is 29.8. The highest BCUT2D eigenvalue weighted by Crippen LogP contribution is 2.20. The van der Waals surface area contributed by atoms with Crippen molar-refractivity contribution in [3.63, 3.8) is 0 Å². The summed E-state index contributed by atoms with van der Waals surface area (Å²) < 4.78 is 1.46. The van der Waals surface area contributed by atoms with E-state index in [1.54, 1.807) is 0 Å². The van der Waals surface area contributed by atoms with Gasteiger partial charge >= 0.3 is 5.69 Å². The molecule has 2 N–H and O–H groups in total.